The summed E-state index contributed by atoms with van der Waals surface area (Å²) in [6, 6.07) is 9.67. The fraction of sp³-hybridized carbons (Fsp3) is 0.222. The van der Waals surface area contributed by atoms with Gasteiger partial charge in [-0.05, 0) is 23.7 Å². The van der Waals surface area contributed by atoms with Crippen LogP contribution in [0.4, 0.5) is 0 Å². The van der Waals surface area contributed by atoms with E-state index in [9.17, 15) is 0 Å². The summed E-state index contributed by atoms with van der Waals surface area (Å²) in [5.41, 5.74) is 1.74. The molecule has 0 amide bonds. The molecular weight excluding hydrogens is 170 g/mol. The summed E-state index contributed by atoms with van der Waals surface area (Å²) in [5.74, 6) is 0.722. The van der Waals surface area contributed by atoms with Gasteiger partial charge in [-0.25, -0.2) is 0 Å². The smallest absolute Gasteiger partial charge is 0.0994 e. The average molecular weight is 179 g/mol. The molecule has 0 unspecified atom stereocenters. The van der Waals surface area contributed by atoms with E-state index in [2.05, 4.69) is 6.07 Å². The van der Waals surface area contributed by atoms with Gasteiger partial charge in [0.25, 0.3) is 0 Å². The molecule has 0 fully saturated rings. The number of benzene rings is 1. The van der Waals surface area contributed by atoms with Crippen molar-refractivity contribution in [2.75, 3.05) is 7.11 Å². The predicted octanol–water partition coefficient (Wildman–Crippen LogP) is 2.35. The van der Waals surface area contributed by atoms with Gasteiger partial charge in [-0.3, -0.25) is 0 Å². The van der Waals surface area contributed by atoms with Crippen molar-refractivity contribution in [3.63, 3.8) is 0 Å². The molecule has 0 aromatic heterocycles. The summed E-state index contributed by atoms with van der Waals surface area (Å²) < 4.78 is 4.85. The molecule has 0 saturated heterocycles. The third-order valence-electron chi connectivity index (χ3n) is 1.47. The third kappa shape index (κ3) is 2.26. The molecule has 1 rings (SSSR count). The Kier molecular flexibility index (Phi) is 3.65. The molecule has 0 N–H and O–H groups in total. The van der Waals surface area contributed by atoms with E-state index in [1.807, 2.05) is 24.3 Å². The lowest BCUT2D eigenvalue weighted by atomic mass is 10.1. The first kappa shape index (κ1) is 9.11. The van der Waals surface area contributed by atoms with Gasteiger partial charge in [0.15, 0.2) is 0 Å². The van der Waals surface area contributed by atoms with Crippen molar-refractivity contribution >= 4 is 12.0 Å². The zero-order valence-electron chi connectivity index (χ0n) is 6.78. The molecule has 1 aromatic rings. The Morgan fingerprint density at radius 2 is 2.25 bits per heavy atom. The highest BCUT2D eigenvalue weighted by Gasteiger charge is 1.99. The van der Waals surface area contributed by atoms with Gasteiger partial charge in [0.05, 0.1) is 18.7 Å². The molecule has 2 nitrogen and oxygen atoms in total. The van der Waals surface area contributed by atoms with Crippen molar-refractivity contribution in [1.29, 1.82) is 5.26 Å². The van der Waals surface area contributed by atoms with Crippen molar-refractivity contribution in [2.24, 2.45) is 0 Å². The largest absolute Gasteiger partial charge is 0.318 e. The van der Waals surface area contributed by atoms with Crippen LogP contribution in [0.2, 0.25) is 0 Å². The first-order valence-electron chi connectivity index (χ1n) is 3.52. The Balaban J connectivity index is 2.77. The number of rotatable bonds is 3. The second-order valence-corrected chi connectivity index (χ2v) is 3.06. The topological polar surface area (TPSA) is 33.0 Å². The molecule has 0 bridgehead atoms. The number of nitrogens with zero attached hydrogens (tertiary/aromatic N) is 1. The summed E-state index contributed by atoms with van der Waals surface area (Å²) in [7, 11) is 1.62. The minimum atomic E-state index is 0.722. The van der Waals surface area contributed by atoms with Crippen molar-refractivity contribution in [3.8, 4) is 6.07 Å². The Hall–Kier alpha value is -0.980. The van der Waals surface area contributed by atoms with Crippen molar-refractivity contribution in [1.82, 2.24) is 0 Å². The monoisotopic (exact) mass is 179 g/mol. The van der Waals surface area contributed by atoms with Gasteiger partial charge in [-0.15, -0.1) is 0 Å². The van der Waals surface area contributed by atoms with Crippen molar-refractivity contribution in [2.45, 2.75) is 5.75 Å². The predicted molar refractivity (Wildman–Crippen MR) is 49.5 cm³/mol. The minimum Gasteiger partial charge on any atom is -0.318 e. The van der Waals surface area contributed by atoms with E-state index in [0.29, 0.717) is 0 Å². The summed E-state index contributed by atoms with van der Waals surface area (Å²) in [4.78, 5) is 0. The fourth-order valence-corrected chi connectivity index (χ4v) is 1.37. The van der Waals surface area contributed by atoms with Crippen LogP contribution in [0.5, 0.6) is 0 Å². The van der Waals surface area contributed by atoms with E-state index in [-0.39, 0.29) is 0 Å². The summed E-state index contributed by atoms with van der Waals surface area (Å²) in [5, 5.41) is 8.72. The van der Waals surface area contributed by atoms with Crippen LogP contribution in [0, 0.1) is 11.3 Å². The molecule has 1 aromatic carbocycles. The van der Waals surface area contributed by atoms with E-state index < -0.39 is 0 Å². The van der Waals surface area contributed by atoms with E-state index in [0.717, 1.165) is 16.9 Å². The van der Waals surface area contributed by atoms with Crippen LogP contribution in [-0.4, -0.2) is 7.11 Å². The van der Waals surface area contributed by atoms with Gasteiger partial charge in [0, 0.05) is 5.75 Å². The zero-order valence-corrected chi connectivity index (χ0v) is 7.60. The summed E-state index contributed by atoms with van der Waals surface area (Å²) in [6.45, 7) is 0. The molecular formula is C9H9NOS. The molecule has 0 atom stereocenters. The van der Waals surface area contributed by atoms with Crippen LogP contribution in [-0.2, 0) is 9.94 Å². The van der Waals surface area contributed by atoms with Crippen molar-refractivity contribution in [3.05, 3.63) is 35.4 Å². The molecule has 0 spiro atoms. The van der Waals surface area contributed by atoms with Gasteiger partial charge < -0.3 is 4.18 Å². The maximum absolute atomic E-state index is 8.72. The van der Waals surface area contributed by atoms with Crippen LogP contribution in [0.3, 0.4) is 0 Å². The molecule has 3 heteroatoms. The normalized spacial score (nSPS) is 9.33. The van der Waals surface area contributed by atoms with Crippen LogP contribution in [0.15, 0.2) is 24.3 Å². The Bertz CT molecular complexity index is 293. The first-order valence-corrected chi connectivity index (χ1v) is 4.43. The maximum atomic E-state index is 8.72. The highest BCUT2D eigenvalue weighted by molar-refractivity contribution is 7.93. The Morgan fingerprint density at radius 3 is 2.92 bits per heavy atom. The molecule has 0 saturated carbocycles. The lowest BCUT2D eigenvalue weighted by Crippen LogP contribution is -1.86. The van der Waals surface area contributed by atoms with Gasteiger partial charge >= 0.3 is 0 Å². The zero-order chi connectivity index (χ0) is 8.81. The molecule has 12 heavy (non-hydrogen) atoms. The van der Waals surface area contributed by atoms with E-state index in [1.165, 1.54) is 12.0 Å². The van der Waals surface area contributed by atoms with Crippen LogP contribution in [0.25, 0.3) is 0 Å². The average Bonchev–Trinajstić information content (AvgIpc) is 2.15. The summed E-state index contributed by atoms with van der Waals surface area (Å²) >= 11 is 1.34. The molecule has 62 valence electrons. The molecule has 0 heterocycles. The lowest BCUT2D eigenvalue weighted by Gasteiger charge is -2.00. The fourth-order valence-electron chi connectivity index (χ4n) is 0.878. The van der Waals surface area contributed by atoms with Crippen LogP contribution in [0.1, 0.15) is 11.1 Å². The second kappa shape index (κ2) is 4.81. The number of hydrogen-bond donors (Lipinski definition) is 0. The quantitative estimate of drug-likeness (QED) is 0.668. The maximum Gasteiger partial charge on any atom is 0.0994 e. The van der Waals surface area contributed by atoms with Gasteiger partial charge in [-0.2, -0.15) is 5.26 Å². The molecule has 0 radical (unpaired) electrons. The van der Waals surface area contributed by atoms with E-state index >= 15 is 0 Å². The highest BCUT2D eigenvalue weighted by atomic mass is 32.2. The second-order valence-electron chi connectivity index (χ2n) is 2.20. The van der Waals surface area contributed by atoms with Gasteiger partial charge in [0.1, 0.15) is 0 Å². The molecule has 0 aliphatic rings. The lowest BCUT2D eigenvalue weighted by molar-refractivity contribution is 0.489. The summed E-state index contributed by atoms with van der Waals surface area (Å²) in [6.07, 6.45) is 0. The SMILES string of the molecule is COSCc1ccccc1C#N. The van der Waals surface area contributed by atoms with Crippen LogP contribution < -0.4 is 0 Å². The molecule has 0 aliphatic heterocycles. The van der Waals surface area contributed by atoms with E-state index in [1.54, 1.807) is 7.11 Å². The standard InChI is InChI=1S/C9H9NOS/c1-11-12-7-9-5-3-2-4-8(9)6-10/h2-5H,7H2,1H3. The number of nitriles is 1. The van der Waals surface area contributed by atoms with Crippen molar-refractivity contribution < 1.29 is 4.18 Å². The highest BCUT2D eigenvalue weighted by Crippen LogP contribution is 2.15. The minimum absolute atomic E-state index is 0.722. The van der Waals surface area contributed by atoms with E-state index in [4.69, 9.17) is 9.44 Å². The molecule has 0 aliphatic carbocycles. The van der Waals surface area contributed by atoms with Crippen LogP contribution >= 0.6 is 12.0 Å². The third-order valence-corrected chi connectivity index (χ3v) is 2.13. The first-order chi connectivity index (χ1) is 5.88. The van der Waals surface area contributed by atoms with Gasteiger partial charge in [0.2, 0.25) is 0 Å². The Morgan fingerprint density at radius 1 is 1.50 bits per heavy atom. The Labute approximate surface area is 76.4 Å². The van der Waals surface area contributed by atoms with Gasteiger partial charge in [-0.1, -0.05) is 18.2 Å². The number of hydrogen-bond acceptors (Lipinski definition) is 3.